The number of carbonyl (C=O) groups is 1. The zero-order valence-corrected chi connectivity index (χ0v) is 19.1. The quantitative estimate of drug-likeness (QED) is 0.458. The summed E-state index contributed by atoms with van der Waals surface area (Å²) in [7, 11) is -2.26. The average Bonchev–Trinajstić information content (AvgIpc) is 2.79. The number of anilines is 2. The third-order valence-electron chi connectivity index (χ3n) is 4.55. The Hall–Kier alpha value is -3.23. The number of amides is 1. The first-order chi connectivity index (χ1) is 15.3. The summed E-state index contributed by atoms with van der Waals surface area (Å²) in [5.41, 5.74) is 0.733. The maximum Gasteiger partial charge on any atom is 0.265 e. The normalized spacial score (nSPS) is 12.0. The molecule has 0 bridgehead atoms. The Labute approximate surface area is 192 Å². The lowest BCUT2D eigenvalue weighted by Gasteiger charge is -2.17. The van der Waals surface area contributed by atoms with Crippen LogP contribution >= 0.6 is 11.6 Å². The van der Waals surface area contributed by atoms with Gasteiger partial charge in [0.15, 0.2) is 6.10 Å². The van der Waals surface area contributed by atoms with Gasteiger partial charge in [0, 0.05) is 5.69 Å². The summed E-state index contributed by atoms with van der Waals surface area (Å²) < 4.78 is 38.5. The van der Waals surface area contributed by atoms with E-state index >= 15 is 0 Å². The highest BCUT2D eigenvalue weighted by Gasteiger charge is 2.20. The second-order valence-electron chi connectivity index (χ2n) is 6.79. The van der Waals surface area contributed by atoms with Gasteiger partial charge in [-0.25, -0.2) is 8.42 Å². The minimum Gasteiger partial charge on any atom is -0.497 e. The Kier molecular flexibility index (Phi) is 7.61. The predicted molar refractivity (Wildman–Crippen MR) is 125 cm³/mol. The summed E-state index contributed by atoms with van der Waals surface area (Å²) in [5.74, 6) is 0.891. The molecule has 0 fully saturated rings. The van der Waals surface area contributed by atoms with Crippen molar-refractivity contribution in [2.24, 2.45) is 0 Å². The Morgan fingerprint density at radius 3 is 2.19 bits per heavy atom. The SMILES string of the molecule is CC[C@H](Oc1ccc(OC)cc1)C(=O)Nc1ccc(S(=O)(=O)Nc2ccccc2Cl)cc1. The highest BCUT2D eigenvalue weighted by molar-refractivity contribution is 7.92. The van der Waals surface area contributed by atoms with Crippen LogP contribution in [0.25, 0.3) is 0 Å². The number of carbonyl (C=O) groups excluding carboxylic acids is 1. The van der Waals surface area contributed by atoms with E-state index in [9.17, 15) is 13.2 Å². The van der Waals surface area contributed by atoms with Gasteiger partial charge in [0.1, 0.15) is 11.5 Å². The van der Waals surface area contributed by atoms with Gasteiger partial charge in [0.05, 0.1) is 22.7 Å². The lowest BCUT2D eigenvalue weighted by molar-refractivity contribution is -0.122. The second-order valence-corrected chi connectivity index (χ2v) is 8.88. The summed E-state index contributed by atoms with van der Waals surface area (Å²) in [4.78, 5) is 12.7. The number of ether oxygens (including phenoxy) is 2. The zero-order valence-electron chi connectivity index (χ0n) is 17.5. The van der Waals surface area contributed by atoms with E-state index in [1.807, 2.05) is 6.92 Å². The van der Waals surface area contributed by atoms with Crippen LogP contribution in [0.15, 0.2) is 77.7 Å². The lowest BCUT2D eigenvalue weighted by atomic mass is 10.2. The largest absolute Gasteiger partial charge is 0.497 e. The van der Waals surface area contributed by atoms with E-state index in [2.05, 4.69) is 10.0 Å². The van der Waals surface area contributed by atoms with Crippen LogP contribution < -0.4 is 19.5 Å². The summed E-state index contributed by atoms with van der Waals surface area (Å²) in [6.07, 6.45) is -0.264. The molecule has 0 aliphatic carbocycles. The molecule has 168 valence electrons. The molecule has 3 aromatic rings. The maximum absolute atomic E-state index is 12.6. The van der Waals surface area contributed by atoms with Gasteiger partial charge in [0.25, 0.3) is 15.9 Å². The number of halogens is 1. The van der Waals surface area contributed by atoms with E-state index in [0.717, 1.165) is 0 Å². The fourth-order valence-electron chi connectivity index (χ4n) is 2.83. The van der Waals surface area contributed by atoms with Gasteiger partial charge in [-0.3, -0.25) is 9.52 Å². The molecule has 0 aliphatic heterocycles. The smallest absolute Gasteiger partial charge is 0.265 e. The fraction of sp³-hybridized carbons (Fsp3) is 0.174. The van der Waals surface area contributed by atoms with Crippen molar-refractivity contribution >= 4 is 38.9 Å². The number of sulfonamides is 1. The molecule has 3 rings (SSSR count). The zero-order chi connectivity index (χ0) is 23.1. The van der Waals surface area contributed by atoms with Crippen LogP contribution in [0, 0.1) is 0 Å². The van der Waals surface area contributed by atoms with Crippen LogP contribution in [0.2, 0.25) is 5.02 Å². The molecule has 0 aromatic heterocycles. The van der Waals surface area contributed by atoms with E-state index in [1.165, 1.54) is 24.3 Å². The Morgan fingerprint density at radius 1 is 0.969 bits per heavy atom. The van der Waals surface area contributed by atoms with Gasteiger partial charge < -0.3 is 14.8 Å². The minimum absolute atomic E-state index is 0.0388. The molecule has 2 N–H and O–H groups in total. The average molecular weight is 475 g/mol. The van der Waals surface area contributed by atoms with Gasteiger partial charge in [-0.2, -0.15) is 0 Å². The summed E-state index contributed by atoms with van der Waals surface area (Å²) in [6.45, 7) is 1.84. The van der Waals surface area contributed by atoms with E-state index in [0.29, 0.717) is 28.6 Å². The number of hydrogen-bond acceptors (Lipinski definition) is 5. The summed E-state index contributed by atoms with van der Waals surface area (Å²) >= 11 is 6.02. The van der Waals surface area contributed by atoms with Crippen LogP contribution in [-0.2, 0) is 14.8 Å². The number of methoxy groups -OCH3 is 1. The highest BCUT2D eigenvalue weighted by Crippen LogP contribution is 2.25. The first-order valence-corrected chi connectivity index (χ1v) is 11.7. The van der Waals surface area contributed by atoms with Crippen LogP contribution in [0.5, 0.6) is 11.5 Å². The van der Waals surface area contributed by atoms with Gasteiger partial charge in [-0.1, -0.05) is 30.7 Å². The number of hydrogen-bond donors (Lipinski definition) is 2. The molecule has 7 nitrogen and oxygen atoms in total. The molecule has 0 saturated heterocycles. The molecule has 32 heavy (non-hydrogen) atoms. The Morgan fingerprint density at radius 2 is 1.59 bits per heavy atom. The van der Waals surface area contributed by atoms with Crippen LogP contribution in [0.1, 0.15) is 13.3 Å². The minimum atomic E-state index is -3.83. The highest BCUT2D eigenvalue weighted by atomic mass is 35.5. The summed E-state index contributed by atoms with van der Waals surface area (Å²) in [6, 6.07) is 19.3. The second kappa shape index (κ2) is 10.4. The first kappa shape index (κ1) is 23.4. The molecule has 0 unspecified atom stereocenters. The van der Waals surface area contributed by atoms with Crippen molar-refractivity contribution in [2.75, 3.05) is 17.1 Å². The topological polar surface area (TPSA) is 93.7 Å². The molecular formula is C23H23ClN2O5S. The molecule has 1 amide bonds. The van der Waals surface area contributed by atoms with Crippen LogP contribution in [-0.4, -0.2) is 27.5 Å². The van der Waals surface area contributed by atoms with E-state index in [-0.39, 0.29) is 16.5 Å². The third-order valence-corrected chi connectivity index (χ3v) is 6.26. The molecule has 0 saturated carbocycles. The molecule has 3 aromatic carbocycles. The molecule has 0 heterocycles. The standard InChI is InChI=1S/C23H23ClN2O5S/c1-3-22(31-18-12-10-17(30-2)11-13-18)23(27)25-16-8-14-19(15-9-16)32(28,29)26-21-7-5-4-6-20(21)24/h4-15,22,26H,3H2,1-2H3,(H,25,27)/t22-/m0/s1. The van der Waals surface area contributed by atoms with Crippen molar-refractivity contribution in [2.45, 2.75) is 24.3 Å². The molecule has 0 spiro atoms. The summed E-state index contributed by atoms with van der Waals surface area (Å²) in [5, 5.41) is 3.04. The van der Waals surface area contributed by atoms with Gasteiger partial charge in [-0.05, 0) is 67.1 Å². The van der Waals surface area contributed by atoms with Crippen LogP contribution in [0.4, 0.5) is 11.4 Å². The fourth-order valence-corrected chi connectivity index (χ4v) is 4.15. The first-order valence-electron chi connectivity index (χ1n) is 9.81. The van der Waals surface area contributed by atoms with Gasteiger partial charge in [0.2, 0.25) is 0 Å². The molecule has 9 heteroatoms. The van der Waals surface area contributed by atoms with Crippen molar-refractivity contribution in [1.29, 1.82) is 0 Å². The van der Waals surface area contributed by atoms with Crippen LogP contribution in [0.3, 0.4) is 0 Å². The molecule has 0 aliphatic rings. The monoisotopic (exact) mass is 474 g/mol. The third kappa shape index (κ3) is 5.93. The van der Waals surface area contributed by atoms with E-state index in [4.69, 9.17) is 21.1 Å². The maximum atomic E-state index is 12.6. The van der Waals surface area contributed by atoms with E-state index in [1.54, 1.807) is 55.6 Å². The number of benzene rings is 3. The molecular weight excluding hydrogens is 452 g/mol. The predicted octanol–water partition coefficient (Wildman–Crippen LogP) is 4.95. The van der Waals surface area contributed by atoms with Crippen molar-refractivity contribution in [1.82, 2.24) is 0 Å². The van der Waals surface area contributed by atoms with Gasteiger partial charge in [-0.15, -0.1) is 0 Å². The Bertz CT molecular complexity index is 1170. The van der Waals surface area contributed by atoms with Crippen molar-refractivity contribution < 1.29 is 22.7 Å². The number of rotatable bonds is 9. The molecule has 1 atom stereocenters. The van der Waals surface area contributed by atoms with E-state index < -0.39 is 16.1 Å². The number of nitrogens with one attached hydrogen (secondary N) is 2. The van der Waals surface area contributed by atoms with Crippen molar-refractivity contribution in [3.8, 4) is 11.5 Å². The van der Waals surface area contributed by atoms with Gasteiger partial charge >= 0.3 is 0 Å². The number of para-hydroxylation sites is 1. The molecule has 0 radical (unpaired) electrons. The lowest BCUT2D eigenvalue weighted by Crippen LogP contribution is -2.32. The van der Waals surface area contributed by atoms with Crippen molar-refractivity contribution in [3.05, 3.63) is 77.8 Å². The Balaban J connectivity index is 1.65. The van der Waals surface area contributed by atoms with Crippen molar-refractivity contribution in [3.63, 3.8) is 0 Å².